The van der Waals surface area contributed by atoms with Crippen molar-refractivity contribution in [1.82, 2.24) is 0 Å². The molecule has 1 rings (SSSR count). The van der Waals surface area contributed by atoms with Crippen LogP contribution in [0.15, 0.2) is 12.1 Å². The van der Waals surface area contributed by atoms with Gasteiger partial charge in [-0.05, 0) is 25.5 Å². The van der Waals surface area contributed by atoms with E-state index in [1.165, 1.54) is 12.1 Å². The second-order valence-electron chi connectivity index (χ2n) is 4.13. The molecule has 0 amide bonds. The van der Waals surface area contributed by atoms with Crippen molar-refractivity contribution < 1.29 is 23.4 Å². The van der Waals surface area contributed by atoms with E-state index in [4.69, 9.17) is 28.3 Å². The first-order valence-electron chi connectivity index (χ1n) is 5.71. The number of hydrogen-bond acceptors (Lipinski definition) is 3. The first-order valence-corrected chi connectivity index (χ1v) is 6.47. The van der Waals surface area contributed by atoms with E-state index in [0.717, 1.165) is 0 Å². The average molecular weight is 328 g/mol. The lowest BCUT2D eigenvalue weighted by Crippen LogP contribution is -2.16. The molecule has 4 nitrogen and oxygen atoms in total. The normalized spacial score (nSPS) is 12.3. The molecule has 8 heteroatoms. The number of alkyl halides is 2. The largest absolute Gasteiger partial charge is 0.481 e. The van der Waals surface area contributed by atoms with E-state index in [1.807, 2.05) is 0 Å². The molecular weight excluding hydrogens is 315 g/mol. The Kier molecular flexibility index (Phi) is 6.29. The molecule has 0 saturated carbocycles. The molecule has 1 aromatic rings. The number of rotatable bonds is 7. The van der Waals surface area contributed by atoms with E-state index in [1.54, 1.807) is 6.92 Å². The zero-order valence-electron chi connectivity index (χ0n) is 10.5. The number of ether oxygens (including phenoxy) is 1. The molecule has 1 atom stereocenters. The fourth-order valence-corrected chi connectivity index (χ4v) is 2.12. The number of anilines is 1. The molecule has 0 aliphatic heterocycles. The number of aliphatic carboxylic acids is 1. The smallest absolute Gasteiger partial charge is 0.387 e. The van der Waals surface area contributed by atoms with Gasteiger partial charge in [-0.3, -0.25) is 4.79 Å². The molecule has 0 spiro atoms. The maximum Gasteiger partial charge on any atom is 0.387 e. The number of benzene rings is 1. The minimum atomic E-state index is -3.02. The van der Waals surface area contributed by atoms with E-state index in [2.05, 4.69) is 10.1 Å². The SMILES string of the molecule is CC(CCC(=O)O)Nc1cc(Cl)c(OC(F)F)c(Cl)c1. The summed E-state index contributed by atoms with van der Waals surface area (Å²) in [5.41, 5.74) is 0.500. The summed E-state index contributed by atoms with van der Waals surface area (Å²) in [4.78, 5) is 10.5. The van der Waals surface area contributed by atoms with Crippen molar-refractivity contribution >= 4 is 34.9 Å². The van der Waals surface area contributed by atoms with Crippen molar-refractivity contribution in [1.29, 1.82) is 0 Å². The number of carboxylic acid groups (broad SMARTS) is 1. The fraction of sp³-hybridized carbons (Fsp3) is 0.417. The summed E-state index contributed by atoms with van der Waals surface area (Å²) in [6, 6.07) is 2.64. The number of hydrogen-bond donors (Lipinski definition) is 2. The van der Waals surface area contributed by atoms with Gasteiger partial charge in [0.15, 0.2) is 5.75 Å². The molecule has 1 unspecified atom stereocenters. The van der Waals surface area contributed by atoms with E-state index in [9.17, 15) is 13.6 Å². The Labute approximate surface area is 124 Å². The molecule has 0 aromatic heterocycles. The molecule has 2 N–H and O–H groups in total. The van der Waals surface area contributed by atoms with Crippen LogP contribution in [0.1, 0.15) is 19.8 Å². The predicted octanol–water partition coefficient (Wildman–Crippen LogP) is 4.26. The number of halogens is 4. The first kappa shape index (κ1) is 16.8. The van der Waals surface area contributed by atoms with Crippen LogP contribution in [0.4, 0.5) is 14.5 Å². The van der Waals surface area contributed by atoms with E-state index < -0.39 is 12.6 Å². The molecule has 0 fully saturated rings. The summed E-state index contributed by atoms with van der Waals surface area (Å²) >= 11 is 11.6. The lowest BCUT2D eigenvalue weighted by molar-refractivity contribution is -0.137. The summed E-state index contributed by atoms with van der Waals surface area (Å²) < 4.78 is 28.5. The second kappa shape index (κ2) is 7.50. The van der Waals surface area contributed by atoms with Crippen LogP contribution in [-0.4, -0.2) is 23.7 Å². The van der Waals surface area contributed by atoms with Gasteiger partial charge < -0.3 is 15.2 Å². The van der Waals surface area contributed by atoms with Crippen molar-refractivity contribution in [3.8, 4) is 5.75 Å². The van der Waals surface area contributed by atoms with Gasteiger partial charge >= 0.3 is 12.6 Å². The second-order valence-corrected chi connectivity index (χ2v) is 4.94. The lowest BCUT2D eigenvalue weighted by Gasteiger charge is -2.16. The average Bonchev–Trinajstić information content (AvgIpc) is 2.31. The molecular formula is C12H13Cl2F2NO3. The molecule has 0 radical (unpaired) electrons. The zero-order valence-corrected chi connectivity index (χ0v) is 12.0. The topological polar surface area (TPSA) is 58.6 Å². The highest BCUT2D eigenvalue weighted by molar-refractivity contribution is 6.37. The third-order valence-electron chi connectivity index (χ3n) is 2.41. The fourth-order valence-electron chi connectivity index (χ4n) is 1.54. The Morgan fingerprint density at radius 2 is 1.95 bits per heavy atom. The molecule has 20 heavy (non-hydrogen) atoms. The molecule has 0 aliphatic carbocycles. The predicted molar refractivity (Wildman–Crippen MR) is 73.0 cm³/mol. The molecule has 0 heterocycles. The summed E-state index contributed by atoms with van der Waals surface area (Å²) in [7, 11) is 0. The van der Waals surface area contributed by atoms with Crippen LogP contribution < -0.4 is 10.1 Å². The van der Waals surface area contributed by atoms with Gasteiger partial charge in [0.2, 0.25) is 0 Å². The van der Waals surface area contributed by atoms with Crippen LogP contribution in [0.2, 0.25) is 10.0 Å². The molecule has 0 bridgehead atoms. The van der Waals surface area contributed by atoms with Gasteiger partial charge in [-0.15, -0.1) is 0 Å². The molecule has 0 aliphatic rings. The van der Waals surface area contributed by atoms with Crippen molar-refractivity contribution in [3.63, 3.8) is 0 Å². The van der Waals surface area contributed by atoms with Crippen LogP contribution in [0.5, 0.6) is 5.75 Å². The maximum absolute atomic E-state index is 12.2. The van der Waals surface area contributed by atoms with Gasteiger partial charge in [-0.2, -0.15) is 8.78 Å². The highest BCUT2D eigenvalue weighted by Gasteiger charge is 2.15. The van der Waals surface area contributed by atoms with Crippen molar-refractivity contribution in [2.45, 2.75) is 32.4 Å². The van der Waals surface area contributed by atoms with E-state index in [0.29, 0.717) is 12.1 Å². The van der Waals surface area contributed by atoms with Gasteiger partial charge in [-0.25, -0.2) is 0 Å². The first-order chi connectivity index (χ1) is 9.29. The lowest BCUT2D eigenvalue weighted by atomic mass is 10.1. The monoisotopic (exact) mass is 327 g/mol. The maximum atomic E-state index is 12.2. The molecule has 0 saturated heterocycles. The number of nitrogens with one attached hydrogen (secondary N) is 1. The van der Waals surface area contributed by atoms with Gasteiger partial charge in [0, 0.05) is 18.2 Å². The third kappa shape index (κ3) is 5.38. The Morgan fingerprint density at radius 3 is 2.40 bits per heavy atom. The van der Waals surface area contributed by atoms with Crippen molar-refractivity contribution in [2.24, 2.45) is 0 Å². The van der Waals surface area contributed by atoms with Crippen LogP contribution >= 0.6 is 23.2 Å². The third-order valence-corrected chi connectivity index (χ3v) is 2.97. The van der Waals surface area contributed by atoms with Gasteiger partial charge in [0.05, 0.1) is 10.0 Å². The van der Waals surface area contributed by atoms with Crippen LogP contribution in [0.3, 0.4) is 0 Å². The Balaban J connectivity index is 2.75. The summed E-state index contributed by atoms with van der Waals surface area (Å²) in [5.74, 6) is -1.18. The van der Waals surface area contributed by atoms with Gasteiger partial charge in [0.1, 0.15) is 0 Å². The highest BCUT2D eigenvalue weighted by atomic mass is 35.5. The van der Waals surface area contributed by atoms with Crippen LogP contribution in [-0.2, 0) is 4.79 Å². The standard InChI is InChI=1S/C12H13Cl2F2NO3/c1-6(2-3-10(18)19)17-7-4-8(13)11(9(14)5-7)20-12(15)16/h4-6,12,17H,2-3H2,1H3,(H,18,19). The minimum absolute atomic E-state index is 0.0161. The molecule has 112 valence electrons. The molecule has 1 aromatic carbocycles. The van der Waals surface area contributed by atoms with Crippen LogP contribution in [0.25, 0.3) is 0 Å². The van der Waals surface area contributed by atoms with Crippen molar-refractivity contribution in [3.05, 3.63) is 22.2 Å². The van der Waals surface area contributed by atoms with Crippen molar-refractivity contribution in [2.75, 3.05) is 5.32 Å². The Morgan fingerprint density at radius 1 is 1.40 bits per heavy atom. The Hall–Kier alpha value is -1.27. The quantitative estimate of drug-likeness (QED) is 0.785. The van der Waals surface area contributed by atoms with Gasteiger partial charge in [-0.1, -0.05) is 23.2 Å². The number of carbonyl (C=O) groups is 1. The van der Waals surface area contributed by atoms with E-state index >= 15 is 0 Å². The summed E-state index contributed by atoms with van der Waals surface area (Å²) in [6.07, 6.45) is 0.419. The Bertz CT molecular complexity index is 463. The highest BCUT2D eigenvalue weighted by Crippen LogP contribution is 2.37. The summed E-state index contributed by atoms with van der Waals surface area (Å²) in [5, 5.41) is 11.5. The zero-order chi connectivity index (χ0) is 15.3. The van der Waals surface area contributed by atoms with Crippen LogP contribution in [0, 0.1) is 0 Å². The minimum Gasteiger partial charge on any atom is -0.481 e. The number of carboxylic acids is 1. The van der Waals surface area contributed by atoms with E-state index in [-0.39, 0.29) is 28.3 Å². The van der Waals surface area contributed by atoms with Gasteiger partial charge in [0.25, 0.3) is 0 Å². The summed E-state index contributed by atoms with van der Waals surface area (Å²) in [6.45, 7) is -1.23.